The minimum absolute atomic E-state index is 0.0931. The van der Waals surface area contributed by atoms with E-state index >= 15 is 0 Å². The van der Waals surface area contributed by atoms with E-state index in [1.807, 2.05) is 0 Å². The van der Waals surface area contributed by atoms with E-state index in [9.17, 15) is 26.4 Å². The average Bonchev–Trinajstić information content (AvgIpc) is 2.63. The molecule has 1 unspecified atom stereocenters. The van der Waals surface area contributed by atoms with Gasteiger partial charge >= 0.3 is 12.1 Å². The molecule has 1 fully saturated rings. The first-order valence-corrected chi connectivity index (χ1v) is 6.10. The van der Waals surface area contributed by atoms with Crippen molar-refractivity contribution in [2.45, 2.75) is 12.6 Å². The third-order valence-electron chi connectivity index (χ3n) is 2.30. The van der Waals surface area contributed by atoms with Gasteiger partial charge in [0.1, 0.15) is 6.54 Å². The molecule has 1 heterocycles. The summed E-state index contributed by atoms with van der Waals surface area (Å²) < 4.78 is 60.3. The van der Waals surface area contributed by atoms with E-state index in [1.54, 1.807) is 0 Å². The van der Waals surface area contributed by atoms with Crippen LogP contribution in [-0.4, -0.2) is 49.6 Å². The molecule has 0 amide bonds. The maximum absolute atomic E-state index is 11.8. The standard InChI is InChI=1S/C7H11F3N2O4S/c8-7(9,10)4-11-17(15,16)12-2-1-5(3-12)6(13)14/h5,11H,1-4H2,(H,13,14). The minimum atomic E-state index is -4.64. The molecule has 0 aromatic rings. The van der Waals surface area contributed by atoms with E-state index in [0.717, 1.165) is 0 Å². The highest BCUT2D eigenvalue weighted by molar-refractivity contribution is 7.87. The maximum Gasteiger partial charge on any atom is 0.402 e. The van der Waals surface area contributed by atoms with Crippen LogP contribution in [0.5, 0.6) is 0 Å². The van der Waals surface area contributed by atoms with Crippen molar-refractivity contribution in [2.24, 2.45) is 5.92 Å². The molecule has 0 saturated carbocycles. The van der Waals surface area contributed by atoms with E-state index in [0.29, 0.717) is 4.31 Å². The second-order valence-corrected chi connectivity index (χ2v) is 5.38. The van der Waals surface area contributed by atoms with E-state index in [2.05, 4.69) is 0 Å². The molecule has 1 aliphatic heterocycles. The predicted octanol–water partition coefficient (Wildman–Crippen LogP) is -0.210. The van der Waals surface area contributed by atoms with Crippen molar-refractivity contribution in [1.29, 1.82) is 0 Å². The third kappa shape index (κ3) is 4.13. The van der Waals surface area contributed by atoms with Gasteiger partial charge in [0.15, 0.2) is 0 Å². The third-order valence-corrected chi connectivity index (χ3v) is 3.82. The van der Waals surface area contributed by atoms with Crippen molar-refractivity contribution in [2.75, 3.05) is 19.6 Å². The molecular weight excluding hydrogens is 265 g/mol. The van der Waals surface area contributed by atoms with Crippen LogP contribution in [0.4, 0.5) is 13.2 Å². The molecule has 10 heteroatoms. The van der Waals surface area contributed by atoms with Gasteiger partial charge in [0.25, 0.3) is 10.2 Å². The Morgan fingerprint density at radius 2 is 2.06 bits per heavy atom. The second-order valence-electron chi connectivity index (χ2n) is 3.62. The molecule has 17 heavy (non-hydrogen) atoms. The molecule has 1 atom stereocenters. The number of hydrogen-bond donors (Lipinski definition) is 2. The van der Waals surface area contributed by atoms with Crippen LogP contribution in [0.25, 0.3) is 0 Å². The fourth-order valence-electron chi connectivity index (χ4n) is 1.41. The van der Waals surface area contributed by atoms with Crippen LogP contribution in [0.15, 0.2) is 0 Å². The molecule has 1 aliphatic rings. The Hall–Kier alpha value is -0.870. The van der Waals surface area contributed by atoms with Crippen LogP contribution in [0.3, 0.4) is 0 Å². The number of aliphatic carboxylic acids is 1. The summed E-state index contributed by atoms with van der Waals surface area (Å²) in [4.78, 5) is 10.6. The van der Waals surface area contributed by atoms with Gasteiger partial charge in [-0.25, -0.2) is 0 Å². The summed E-state index contributed by atoms with van der Waals surface area (Å²) in [5.41, 5.74) is 0. The van der Waals surface area contributed by atoms with Gasteiger partial charge in [-0.2, -0.15) is 30.6 Å². The molecule has 0 radical (unpaired) electrons. The van der Waals surface area contributed by atoms with E-state index in [1.165, 1.54) is 4.72 Å². The first-order chi connectivity index (χ1) is 7.62. The van der Waals surface area contributed by atoms with Gasteiger partial charge in [0.2, 0.25) is 0 Å². The number of carbonyl (C=O) groups is 1. The Balaban J connectivity index is 2.58. The monoisotopic (exact) mass is 276 g/mol. The van der Waals surface area contributed by atoms with E-state index in [4.69, 9.17) is 5.11 Å². The zero-order chi connectivity index (χ0) is 13.3. The van der Waals surface area contributed by atoms with Crippen LogP contribution >= 0.6 is 0 Å². The second kappa shape index (κ2) is 4.78. The molecule has 0 bridgehead atoms. The topological polar surface area (TPSA) is 86.7 Å². The summed E-state index contributed by atoms with van der Waals surface area (Å²) in [6.45, 7) is -2.06. The Labute approximate surface area is 95.6 Å². The largest absolute Gasteiger partial charge is 0.481 e. The number of carboxylic acid groups (broad SMARTS) is 1. The van der Waals surface area contributed by atoms with Crippen LogP contribution in [0.2, 0.25) is 0 Å². The highest BCUT2D eigenvalue weighted by atomic mass is 32.2. The van der Waals surface area contributed by atoms with Crippen molar-refractivity contribution in [1.82, 2.24) is 9.03 Å². The molecule has 1 saturated heterocycles. The van der Waals surface area contributed by atoms with Gasteiger partial charge in [0, 0.05) is 13.1 Å². The van der Waals surface area contributed by atoms with Gasteiger partial charge < -0.3 is 5.11 Å². The number of carboxylic acids is 1. The van der Waals surface area contributed by atoms with Crippen molar-refractivity contribution >= 4 is 16.2 Å². The number of alkyl halides is 3. The van der Waals surface area contributed by atoms with Crippen LogP contribution in [0, 0.1) is 5.92 Å². The van der Waals surface area contributed by atoms with Gasteiger partial charge in [0.05, 0.1) is 5.92 Å². The van der Waals surface area contributed by atoms with Crippen LogP contribution < -0.4 is 4.72 Å². The number of halogens is 3. The molecule has 0 aliphatic carbocycles. The lowest BCUT2D eigenvalue weighted by Gasteiger charge is -2.17. The zero-order valence-electron chi connectivity index (χ0n) is 8.57. The maximum atomic E-state index is 11.8. The summed E-state index contributed by atoms with van der Waals surface area (Å²) in [5.74, 6) is -2.02. The van der Waals surface area contributed by atoms with Crippen LogP contribution in [0.1, 0.15) is 6.42 Å². The molecule has 0 aromatic heterocycles. The Kier molecular flexibility index (Phi) is 3.99. The normalized spacial score (nSPS) is 22.9. The Morgan fingerprint density at radius 1 is 1.47 bits per heavy atom. The molecule has 100 valence electrons. The number of hydrogen-bond acceptors (Lipinski definition) is 3. The molecule has 2 N–H and O–H groups in total. The molecule has 0 spiro atoms. The average molecular weight is 276 g/mol. The SMILES string of the molecule is O=C(O)C1CCN(S(=O)(=O)NCC(F)(F)F)C1. The fraction of sp³-hybridized carbons (Fsp3) is 0.857. The summed E-state index contributed by atoms with van der Waals surface area (Å²) >= 11 is 0. The summed E-state index contributed by atoms with van der Waals surface area (Å²) in [7, 11) is -4.26. The number of rotatable bonds is 4. The lowest BCUT2D eigenvalue weighted by molar-refractivity contribution is -0.141. The smallest absolute Gasteiger partial charge is 0.402 e. The summed E-state index contributed by atoms with van der Waals surface area (Å²) in [6.07, 6.45) is -4.54. The van der Waals surface area contributed by atoms with Crippen molar-refractivity contribution in [3.63, 3.8) is 0 Å². The quantitative estimate of drug-likeness (QED) is 0.744. The summed E-state index contributed by atoms with van der Waals surface area (Å²) in [5, 5.41) is 8.63. The first-order valence-electron chi connectivity index (χ1n) is 4.66. The fourth-order valence-corrected chi connectivity index (χ4v) is 2.66. The van der Waals surface area contributed by atoms with Crippen molar-refractivity contribution in [3.05, 3.63) is 0 Å². The predicted molar refractivity (Wildman–Crippen MR) is 50.3 cm³/mol. The molecule has 6 nitrogen and oxygen atoms in total. The number of nitrogens with one attached hydrogen (secondary N) is 1. The van der Waals surface area contributed by atoms with Gasteiger partial charge in [-0.3, -0.25) is 4.79 Å². The van der Waals surface area contributed by atoms with Gasteiger partial charge in [-0.05, 0) is 6.42 Å². The Morgan fingerprint density at radius 3 is 2.47 bits per heavy atom. The van der Waals surface area contributed by atoms with E-state index in [-0.39, 0.29) is 19.5 Å². The lowest BCUT2D eigenvalue weighted by Crippen LogP contribution is -2.43. The van der Waals surface area contributed by atoms with Crippen molar-refractivity contribution < 1.29 is 31.5 Å². The Bertz CT molecular complexity index is 394. The highest BCUT2D eigenvalue weighted by Crippen LogP contribution is 2.20. The van der Waals surface area contributed by atoms with Gasteiger partial charge in [-0.15, -0.1) is 0 Å². The first kappa shape index (κ1) is 14.2. The van der Waals surface area contributed by atoms with Gasteiger partial charge in [-0.1, -0.05) is 0 Å². The highest BCUT2D eigenvalue weighted by Gasteiger charge is 2.37. The van der Waals surface area contributed by atoms with E-state index < -0.39 is 34.8 Å². The molecular formula is C7H11F3N2O4S. The summed E-state index contributed by atoms with van der Waals surface area (Å²) in [6, 6.07) is 0. The minimum Gasteiger partial charge on any atom is -0.481 e. The molecule has 0 aromatic carbocycles. The van der Waals surface area contributed by atoms with Crippen molar-refractivity contribution in [3.8, 4) is 0 Å². The molecule has 1 rings (SSSR count). The number of nitrogens with zero attached hydrogens (tertiary/aromatic N) is 1. The zero-order valence-corrected chi connectivity index (χ0v) is 9.38. The lowest BCUT2D eigenvalue weighted by atomic mass is 10.1. The van der Waals surface area contributed by atoms with Crippen LogP contribution in [-0.2, 0) is 15.0 Å².